The van der Waals surface area contributed by atoms with Gasteiger partial charge >= 0.3 is 0 Å². The Labute approximate surface area is 130 Å². The highest BCUT2D eigenvalue weighted by Gasteiger charge is 2.48. The van der Waals surface area contributed by atoms with Crippen molar-refractivity contribution in [3.8, 4) is 0 Å². The Balaban J connectivity index is 1.63. The van der Waals surface area contributed by atoms with E-state index in [9.17, 15) is 9.90 Å². The van der Waals surface area contributed by atoms with Crippen molar-refractivity contribution in [3.63, 3.8) is 0 Å². The van der Waals surface area contributed by atoms with Crippen LogP contribution in [-0.4, -0.2) is 54.0 Å². The number of carbonyl (C=O) groups is 1. The van der Waals surface area contributed by atoms with Gasteiger partial charge < -0.3 is 19.3 Å². The molecule has 0 radical (unpaired) electrons. The lowest BCUT2D eigenvalue weighted by Gasteiger charge is -2.42. The van der Waals surface area contributed by atoms with Gasteiger partial charge in [0.15, 0.2) is 0 Å². The minimum absolute atomic E-state index is 0.0102. The zero-order valence-corrected chi connectivity index (χ0v) is 13.2. The van der Waals surface area contributed by atoms with Crippen LogP contribution in [0.1, 0.15) is 30.7 Å². The average Bonchev–Trinajstić information content (AvgIpc) is 3.01. The van der Waals surface area contributed by atoms with Crippen molar-refractivity contribution < 1.29 is 19.2 Å². The van der Waals surface area contributed by atoms with Crippen LogP contribution in [0.25, 0.3) is 0 Å². The second-order valence-electron chi connectivity index (χ2n) is 6.74. The highest BCUT2D eigenvalue weighted by atomic mass is 16.5. The number of amides is 1. The van der Waals surface area contributed by atoms with Gasteiger partial charge in [0.05, 0.1) is 23.8 Å². The number of aliphatic hydroxyl groups excluding tert-OH is 1. The molecule has 1 saturated heterocycles. The molecule has 6 nitrogen and oxygen atoms in total. The molecule has 1 aliphatic heterocycles. The summed E-state index contributed by atoms with van der Waals surface area (Å²) in [4.78, 5) is 14.6. The Bertz CT molecular complexity index is 538. The number of hydrogen-bond acceptors (Lipinski definition) is 5. The molecule has 1 amide bonds. The number of ether oxygens (including phenoxy) is 1. The Morgan fingerprint density at radius 1 is 1.55 bits per heavy atom. The first kappa shape index (κ1) is 15.5. The molecule has 122 valence electrons. The van der Waals surface area contributed by atoms with Crippen LogP contribution in [0.4, 0.5) is 0 Å². The van der Waals surface area contributed by atoms with Gasteiger partial charge in [-0.3, -0.25) is 4.79 Å². The van der Waals surface area contributed by atoms with Crippen molar-refractivity contribution in [2.45, 2.75) is 38.7 Å². The minimum Gasteiger partial charge on any atom is -0.391 e. The number of nitrogens with zero attached hydrogens (tertiary/aromatic N) is 2. The molecule has 2 aliphatic rings. The maximum atomic E-state index is 12.8. The normalized spacial score (nSPS) is 27.0. The third-order valence-corrected chi connectivity index (χ3v) is 5.02. The van der Waals surface area contributed by atoms with E-state index < -0.39 is 6.10 Å². The second kappa shape index (κ2) is 6.01. The molecule has 1 aromatic heterocycles. The Kier molecular flexibility index (Phi) is 4.23. The van der Waals surface area contributed by atoms with Gasteiger partial charge in [0, 0.05) is 38.6 Å². The number of hydrogen-bond donors (Lipinski definition) is 1. The third kappa shape index (κ3) is 2.77. The summed E-state index contributed by atoms with van der Waals surface area (Å²) in [5, 5.41) is 14.1. The molecule has 2 heterocycles. The van der Waals surface area contributed by atoms with E-state index in [1.165, 1.54) is 0 Å². The van der Waals surface area contributed by atoms with E-state index in [-0.39, 0.29) is 17.2 Å². The Hall–Kier alpha value is -1.40. The number of aryl methyl sites for hydroxylation is 1. The predicted octanol–water partition coefficient (Wildman–Crippen LogP) is 1.16. The van der Waals surface area contributed by atoms with Crippen LogP contribution in [0.2, 0.25) is 0 Å². The van der Waals surface area contributed by atoms with E-state index in [2.05, 4.69) is 5.16 Å². The van der Waals surface area contributed by atoms with Gasteiger partial charge in [-0.1, -0.05) is 11.6 Å². The smallest absolute Gasteiger partial charge is 0.231 e. The number of aliphatic hydroxyl groups is 1. The fraction of sp³-hybridized carbons (Fsp3) is 0.750. The maximum Gasteiger partial charge on any atom is 0.231 e. The van der Waals surface area contributed by atoms with E-state index in [1.54, 1.807) is 12.0 Å². The minimum atomic E-state index is -0.506. The summed E-state index contributed by atoms with van der Waals surface area (Å²) in [5.74, 6) is 0.915. The van der Waals surface area contributed by atoms with Crippen molar-refractivity contribution in [2.75, 3.05) is 26.8 Å². The number of methoxy groups -OCH3 is 1. The first-order valence-corrected chi connectivity index (χ1v) is 7.93. The summed E-state index contributed by atoms with van der Waals surface area (Å²) in [6.07, 6.45) is 2.96. The molecule has 0 bridgehead atoms. The van der Waals surface area contributed by atoms with Crippen molar-refractivity contribution in [3.05, 3.63) is 17.5 Å². The lowest BCUT2D eigenvalue weighted by molar-refractivity contribution is -0.151. The number of carbonyl (C=O) groups excluding carboxylic acids is 1. The molecule has 0 spiro atoms. The van der Waals surface area contributed by atoms with Crippen LogP contribution in [0.3, 0.4) is 0 Å². The molecule has 0 unspecified atom stereocenters. The van der Waals surface area contributed by atoms with Crippen molar-refractivity contribution in [2.24, 2.45) is 11.3 Å². The highest BCUT2D eigenvalue weighted by Crippen LogP contribution is 2.43. The van der Waals surface area contributed by atoms with Gasteiger partial charge in [0.2, 0.25) is 5.91 Å². The molecule has 3 rings (SSSR count). The summed E-state index contributed by atoms with van der Waals surface area (Å²) >= 11 is 0. The summed E-state index contributed by atoms with van der Waals surface area (Å²) in [6.45, 7) is 3.33. The lowest BCUT2D eigenvalue weighted by atomic mass is 9.68. The first-order valence-electron chi connectivity index (χ1n) is 7.93. The highest BCUT2D eigenvalue weighted by molar-refractivity contribution is 5.84. The molecule has 1 aliphatic carbocycles. The van der Waals surface area contributed by atoms with Crippen LogP contribution < -0.4 is 0 Å². The quantitative estimate of drug-likeness (QED) is 0.883. The van der Waals surface area contributed by atoms with Gasteiger partial charge in [-0.05, 0) is 19.8 Å². The van der Waals surface area contributed by atoms with Gasteiger partial charge in [-0.25, -0.2) is 0 Å². The molecular weight excluding hydrogens is 284 g/mol. The van der Waals surface area contributed by atoms with E-state index >= 15 is 0 Å². The first-order chi connectivity index (χ1) is 10.5. The molecule has 2 atom stereocenters. The maximum absolute atomic E-state index is 12.8. The lowest BCUT2D eigenvalue weighted by Crippen LogP contribution is -2.50. The van der Waals surface area contributed by atoms with Crippen LogP contribution in [0.15, 0.2) is 10.6 Å². The molecule has 1 aromatic rings. The van der Waals surface area contributed by atoms with Gasteiger partial charge in [-0.2, -0.15) is 0 Å². The number of rotatable bonds is 5. The van der Waals surface area contributed by atoms with E-state index in [0.29, 0.717) is 26.1 Å². The third-order valence-electron chi connectivity index (χ3n) is 5.02. The second-order valence-corrected chi connectivity index (χ2v) is 6.74. The van der Waals surface area contributed by atoms with Crippen molar-refractivity contribution >= 4 is 5.91 Å². The molecule has 6 heteroatoms. The SMILES string of the molecule is COCC1(C(=O)N2C[C@@H](Cc3cc(C)no3)[C@@H](O)C2)CCC1. The van der Waals surface area contributed by atoms with Crippen molar-refractivity contribution in [1.82, 2.24) is 10.1 Å². The number of likely N-dealkylation sites (tertiary alicyclic amines) is 1. The van der Waals surface area contributed by atoms with E-state index in [0.717, 1.165) is 30.7 Å². The van der Waals surface area contributed by atoms with E-state index in [4.69, 9.17) is 9.26 Å². The van der Waals surface area contributed by atoms with Crippen molar-refractivity contribution in [1.29, 1.82) is 0 Å². The van der Waals surface area contributed by atoms with Crippen LogP contribution in [0.5, 0.6) is 0 Å². The Morgan fingerprint density at radius 2 is 2.32 bits per heavy atom. The monoisotopic (exact) mass is 308 g/mol. The molecule has 2 fully saturated rings. The average molecular weight is 308 g/mol. The van der Waals surface area contributed by atoms with Crippen LogP contribution in [0, 0.1) is 18.3 Å². The van der Waals surface area contributed by atoms with Crippen LogP contribution >= 0.6 is 0 Å². The van der Waals surface area contributed by atoms with Crippen LogP contribution in [-0.2, 0) is 16.0 Å². The largest absolute Gasteiger partial charge is 0.391 e. The molecule has 22 heavy (non-hydrogen) atoms. The van der Waals surface area contributed by atoms with Gasteiger partial charge in [0.1, 0.15) is 5.76 Å². The number of aromatic nitrogens is 1. The standard InChI is InChI=1S/C16H24N2O4/c1-11-6-13(22-17-11)7-12-8-18(9-14(12)19)15(20)16(10-21-2)4-3-5-16/h6,12,14,19H,3-5,7-10H2,1-2H3/t12-,14+/m1/s1. The predicted molar refractivity (Wildman–Crippen MR) is 79.2 cm³/mol. The van der Waals surface area contributed by atoms with E-state index in [1.807, 2.05) is 13.0 Å². The zero-order chi connectivity index (χ0) is 15.7. The molecular formula is C16H24N2O4. The molecule has 0 aromatic carbocycles. The summed E-state index contributed by atoms with van der Waals surface area (Å²) in [5.41, 5.74) is 0.482. The fourth-order valence-electron chi connectivity index (χ4n) is 3.63. The summed E-state index contributed by atoms with van der Waals surface area (Å²) < 4.78 is 10.5. The zero-order valence-electron chi connectivity index (χ0n) is 13.2. The fourth-order valence-corrected chi connectivity index (χ4v) is 3.63. The summed E-state index contributed by atoms with van der Waals surface area (Å²) in [7, 11) is 1.64. The molecule has 1 saturated carbocycles. The van der Waals surface area contributed by atoms with Gasteiger partial charge in [-0.15, -0.1) is 0 Å². The number of β-amino-alcohol motifs (C(OH)–C–C–N with tert-alkyl or cyclic N) is 1. The topological polar surface area (TPSA) is 75.8 Å². The van der Waals surface area contributed by atoms with Gasteiger partial charge in [0.25, 0.3) is 0 Å². The summed E-state index contributed by atoms with van der Waals surface area (Å²) in [6, 6.07) is 1.88. The molecule has 1 N–H and O–H groups in total. The Morgan fingerprint density at radius 3 is 2.86 bits per heavy atom.